The number of halogens is 1. The highest BCUT2D eigenvalue weighted by Crippen LogP contribution is 2.07. The van der Waals surface area contributed by atoms with Crippen LogP contribution in [-0.2, 0) is 11.2 Å². The Bertz CT molecular complexity index is 738. The van der Waals surface area contributed by atoms with Gasteiger partial charge in [-0.1, -0.05) is 48.5 Å². The number of carbonyl (C=O) groups is 3. The number of ketones is 1. The fraction of sp³-hybridized carbons (Fsp3) is 0.211. The average Bonchev–Trinajstić information content (AvgIpc) is 2.62. The van der Waals surface area contributed by atoms with Gasteiger partial charge in [0.05, 0.1) is 12.6 Å². The second kappa shape index (κ2) is 10.2. The van der Waals surface area contributed by atoms with Gasteiger partial charge in [-0.05, 0) is 24.1 Å². The van der Waals surface area contributed by atoms with Crippen LogP contribution in [-0.4, -0.2) is 47.4 Å². The SMILES string of the molecule is CN(CC(=O)C(Cc1ccccc1)NC(=O)c1ccccc1)C(=O)O.Cl. The average molecular weight is 377 g/mol. The molecule has 2 amide bonds. The van der Waals surface area contributed by atoms with Crippen molar-refractivity contribution in [1.29, 1.82) is 0 Å². The van der Waals surface area contributed by atoms with Crippen LogP contribution < -0.4 is 5.32 Å². The van der Waals surface area contributed by atoms with Crippen molar-refractivity contribution in [2.45, 2.75) is 12.5 Å². The summed E-state index contributed by atoms with van der Waals surface area (Å²) in [5, 5.41) is 11.7. The first-order valence-corrected chi connectivity index (χ1v) is 7.84. The minimum Gasteiger partial charge on any atom is -0.465 e. The van der Waals surface area contributed by atoms with E-state index in [1.165, 1.54) is 7.05 Å². The van der Waals surface area contributed by atoms with Crippen LogP contribution in [0.1, 0.15) is 15.9 Å². The van der Waals surface area contributed by atoms with Gasteiger partial charge in [0.2, 0.25) is 0 Å². The maximum absolute atomic E-state index is 12.5. The van der Waals surface area contributed by atoms with E-state index in [1.807, 2.05) is 30.3 Å². The van der Waals surface area contributed by atoms with Crippen LogP contribution in [0.3, 0.4) is 0 Å². The van der Waals surface area contributed by atoms with E-state index in [9.17, 15) is 14.4 Å². The molecule has 2 rings (SSSR count). The zero-order valence-electron chi connectivity index (χ0n) is 14.3. The van der Waals surface area contributed by atoms with E-state index in [1.54, 1.807) is 30.3 Å². The molecular formula is C19H21ClN2O4. The van der Waals surface area contributed by atoms with Gasteiger partial charge in [0.25, 0.3) is 5.91 Å². The topological polar surface area (TPSA) is 86.7 Å². The second-order valence-electron chi connectivity index (χ2n) is 5.69. The number of carbonyl (C=O) groups excluding carboxylic acids is 2. The van der Waals surface area contributed by atoms with Gasteiger partial charge in [-0.25, -0.2) is 4.79 Å². The highest BCUT2D eigenvalue weighted by molar-refractivity contribution is 5.98. The van der Waals surface area contributed by atoms with Gasteiger partial charge in [0, 0.05) is 12.6 Å². The van der Waals surface area contributed by atoms with E-state index >= 15 is 0 Å². The zero-order valence-corrected chi connectivity index (χ0v) is 15.1. The third-order valence-corrected chi connectivity index (χ3v) is 3.73. The summed E-state index contributed by atoms with van der Waals surface area (Å²) >= 11 is 0. The lowest BCUT2D eigenvalue weighted by Crippen LogP contribution is -2.46. The van der Waals surface area contributed by atoms with Crippen molar-refractivity contribution in [1.82, 2.24) is 10.2 Å². The Hall–Kier alpha value is -2.86. The number of nitrogens with one attached hydrogen (secondary N) is 1. The lowest BCUT2D eigenvalue weighted by atomic mass is 10.0. The standard InChI is InChI=1S/C19H20N2O4.ClH/c1-21(19(24)25)13-17(22)16(12-14-8-4-2-5-9-14)20-18(23)15-10-6-3-7-11-15;/h2-11,16H,12-13H2,1H3,(H,20,23)(H,24,25);1H. The molecule has 0 aliphatic rings. The number of Topliss-reactive ketones (excluding diaryl/α,β-unsaturated/α-hetero) is 1. The monoisotopic (exact) mass is 376 g/mol. The molecule has 0 heterocycles. The van der Waals surface area contributed by atoms with Crippen molar-refractivity contribution in [3.63, 3.8) is 0 Å². The number of carboxylic acid groups (broad SMARTS) is 1. The van der Waals surface area contributed by atoms with Gasteiger partial charge in [0.15, 0.2) is 5.78 Å². The zero-order chi connectivity index (χ0) is 18.2. The van der Waals surface area contributed by atoms with Gasteiger partial charge in [-0.3, -0.25) is 9.59 Å². The molecule has 0 saturated heterocycles. The minimum absolute atomic E-state index is 0. The van der Waals surface area contributed by atoms with E-state index in [2.05, 4.69) is 5.32 Å². The van der Waals surface area contributed by atoms with Gasteiger partial charge in [0.1, 0.15) is 0 Å². The molecule has 1 atom stereocenters. The summed E-state index contributed by atoms with van der Waals surface area (Å²) in [4.78, 5) is 36.7. The number of amides is 2. The Labute approximate surface area is 158 Å². The van der Waals surface area contributed by atoms with Gasteiger partial charge in [-0.15, -0.1) is 12.4 Å². The van der Waals surface area contributed by atoms with Gasteiger partial charge in [-0.2, -0.15) is 0 Å². The van der Waals surface area contributed by atoms with Gasteiger partial charge < -0.3 is 15.3 Å². The highest BCUT2D eigenvalue weighted by Gasteiger charge is 2.24. The van der Waals surface area contributed by atoms with E-state index < -0.39 is 12.1 Å². The third kappa shape index (κ3) is 6.22. The summed E-state index contributed by atoms with van der Waals surface area (Å²) < 4.78 is 0. The fourth-order valence-electron chi connectivity index (χ4n) is 2.34. The molecule has 6 nitrogen and oxygen atoms in total. The van der Waals surface area contributed by atoms with Crippen molar-refractivity contribution in [2.24, 2.45) is 0 Å². The molecule has 26 heavy (non-hydrogen) atoms. The number of likely N-dealkylation sites (N-methyl/N-ethyl adjacent to an activating group) is 1. The Morgan fingerprint density at radius 3 is 2.08 bits per heavy atom. The molecule has 0 saturated carbocycles. The molecule has 2 N–H and O–H groups in total. The number of hydrogen-bond donors (Lipinski definition) is 2. The van der Waals surface area contributed by atoms with Crippen molar-refractivity contribution < 1.29 is 19.5 Å². The number of nitrogens with zero attached hydrogens (tertiary/aromatic N) is 1. The smallest absolute Gasteiger partial charge is 0.407 e. The van der Waals surface area contributed by atoms with Crippen molar-refractivity contribution >= 4 is 30.2 Å². The first kappa shape index (κ1) is 21.2. The molecule has 0 fully saturated rings. The maximum Gasteiger partial charge on any atom is 0.407 e. The molecule has 0 spiro atoms. The second-order valence-corrected chi connectivity index (χ2v) is 5.69. The molecular weight excluding hydrogens is 356 g/mol. The fourth-order valence-corrected chi connectivity index (χ4v) is 2.34. The lowest BCUT2D eigenvalue weighted by Gasteiger charge is -2.20. The predicted octanol–water partition coefficient (Wildman–Crippen LogP) is 2.63. The quantitative estimate of drug-likeness (QED) is 0.777. The van der Waals surface area contributed by atoms with Crippen LogP contribution in [0.2, 0.25) is 0 Å². The molecule has 7 heteroatoms. The summed E-state index contributed by atoms with van der Waals surface area (Å²) in [5.74, 6) is -0.731. The minimum atomic E-state index is -1.19. The molecule has 0 bridgehead atoms. The van der Waals surface area contributed by atoms with Gasteiger partial charge >= 0.3 is 6.09 Å². The summed E-state index contributed by atoms with van der Waals surface area (Å²) in [6.07, 6.45) is -0.896. The molecule has 0 aliphatic heterocycles. The first-order valence-electron chi connectivity index (χ1n) is 7.84. The summed E-state index contributed by atoms with van der Waals surface area (Å²) in [6.45, 7) is -0.290. The summed E-state index contributed by atoms with van der Waals surface area (Å²) in [7, 11) is 1.32. The molecule has 0 aliphatic carbocycles. The van der Waals surface area contributed by atoms with Crippen molar-refractivity contribution in [3.8, 4) is 0 Å². The van der Waals surface area contributed by atoms with Crippen LogP contribution in [0, 0.1) is 0 Å². The van der Waals surface area contributed by atoms with E-state index in [4.69, 9.17) is 5.11 Å². The van der Waals surface area contributed by atoms with Crippen molar-refractivity contribution in [3.05, 3.63) is 71.8 Å². The number of rotatable bonds is 7. The van der Waals surface area contributed by atoms with E-state index in [-0.39, 0.29) is 30.6 Å². The molecule has 2 aromatic rings. The van der Waals surface area contributed by atoms with E-state index in [0.717, 1.165) is 10.5 Å². The van der Waals surface area contributed by atoms with Crippen LogP contribution in [0.25, 0.3) is 0 Å². The van der Waals surface area contributed by atoms with Crippen LogP contribution >= 0.6 is 12.4 Å². The Morgan fingerprint density at radius 1 is 1.00 bits per heavy atom. The Balaban J connectivity index is 0.00000338. The molecule has 0 aromatic heterocycles. The van der Waals surface area contributed by atoms with Crippen LogP contribution in [0.4, 0.5) is 4.79 Å². The maximum atomic E-state index is 12.5. The molecule has 2 aromatic carbocycles. The Morgan fingerprint density at radius 2 is 1.54 bits per heavy atom. The first-order chi connectivity index (χ1) is 12.0. The summed E-state index contributed by atoms with van der Waals surface area (Å²) in [5.41, 5.74) is 1.33. The molecule has 1 unspecified atom stereocenters. The lowest BCUT2D eigenvalue weighted by molar-refractivity contribution is -0.121. The number of hydrogen-bond acceptors (Lipinski definition) is 3. The third-order valence-electron chi connectivity index (χ3n) is 3.73. The normalized spacial score (nSPS) is 11.0. The van der Waals surface area contributed by atoms with Crippen LogP contribution in [0.5, 0.6) is 0 Å². The summed E-state index contributed by atoms with van der Waals surface area (Å²) in [6, 6.07) is 17.0. The van der Waals surface area contributed by atoms with E-state index in [0.29, 0.717) is 12.0 Å². The Kier molecular flexibility index (Phi) is 8.31. The van der Waals surface area contributed by atoms with Crippen molar-refractivity contribution in [2.75, 3.05) is 13.6 Å². The number of benzene rings is 2. The highest BCUT2D eigenvalue weighted by atomic mass is 35.5. The van der Waals surface area contributed by atoms with Crippen LogP contribution in [0.15, 0.2) is 60.7 Å². The predicted molar refractivity (Wildman–Crippen MR) is 101 cm³/mol. The largest absolute Gasteiger partial charge is 0.465 e. The molecule has 138 valence electrons. The molecule has 0 radical (unpaired) electrons.